The fourth-order valence-corrected chi connectivity index (χ4v) is 2.26. The fourth-order valence-electron chi connectivity index (χ4n) is 2.26. The maximum atomic E-state index is 12.5. The number of nitrogens with one attached hydrogen (secondary N) is 2. The normalized spacial score (nSPS) is 11.3. The van der Waals surface area contributed by atoms with Gasteiger partial charge in [-0.15, -0.1) is 0 Å². The van der Waals surface area contributed by atoms with Crippen molar-refractivity contribution < 1.29 is 19.1 Å². The number of methoxy groups -OCH3 is 1. The van der Waals surface area contributed by atoms with E-state index in [4.69, 9.17) is 0 Å². The maximum Gasteiger partial charge on any atom is 0.337 e. The first-order valence-corrected chi connectivity index (χ1v) is 8.35. The smallest absolute Gasteiger partial charge is 0.337 e. The molecule has 2 rings (SSSR count). The van der Waals surface area contributed by atoms with Crippen LogP contribution in [0, 0.1) is 0 Å². The lowest BCUT2D eigenvalue weighted by molar-refractivity contribution is 0.0600. The predicted molar refractivity (Wildman–Crippen MR) is 99.4 cm³/mol. The summed E-state index contributed by atoms with van der Waals surface area (Å²) in [5.41, 5.74) is 1.55. The number of esters is 1. The molecular weight excluding hydrogens is 332 g/mol. The molecule has 6 nitrogen and oxygen atoms in total. The first-order chi connectivity index (χ1) is 12.5. The molecule has 0 saturated heterocycles. The van der Waals surface area contributed by atoms with Gasteiger partial charge in [0, 0.05) is 11.6 Å². The van der Waals surface area contributed by atoms with Gasteiger partial charge in [0.2, 0.25) is 0 Å². The van der Waals surface area contributed by atoms with Gasteiger partial charge in [-0.1, -0.05) is 19.1 Å². The molecule has 0 bridgehead atoms. The van der Waals surface area contributed by atoms with Crippen LogP contribution in [0.15, 0.2) is 48.5 Å². The lowest BCUT2D eigenvalue weighted by atomic mass is 10.1. The average molecular weight is 354 g/mol. The van der Waals surface area contributed by atoms with Gasteiger partial charge in [-0.05, 0) is 49.7 Å². The number of amides is 2. The number of hydrogen-bond acceptors (Lipinski definition) is 4. The van der Waals surface area contributed by atoms with E-state index in [0.717, 1.165) is 6.42 Å². The van der Waals surface area contributed by atoms with Crippen LogP contribution in [-0.2, 0) is 4.74 Å². The van der Waals surface area contributed by atoms with Crippen molar-refractivity contribution in [2.45, 2.75) is 26.3 Å². The summed E-state index contributed by atoms with van der Waals surface area (Å²) in [6, 6.07) is 13.0. The summed E-state index contributed by atoms with van der Waals surface area (Å²) in [7, 11) is 1.30. The van der Waals surface area contributed by atoms with Crippen LogP contribution in [0.1, 0.15) is 51.3 Å². The van der Waals surface area contributed by atoms with Gasteiger partial charge in [-0.25, -0.2) is 4.79 Å². The van der Waals surface area contributed by atoms with Crippen LogP contribution in [0.4, 0.5) is 5.69 Å². The summed E-state index contributed by atoms with van der Waals surface area (Å²) in [5, 5.41) is 5.63. The Bertz CT molecular complexity index is 800. The first kappa shape index (κ1) is 19.2. The predicted octanol–water partition coefficient (Wildman–Crippen LogP) is 3.25. The third kappa shape index (κ3) is 4.69. The summed E-state index contributed by atoms with van der Waals surface area (Å²) in [5.74, 6) is -1.08. The van der Waals surface area contributed by atoms with E-state index in [1.165, 1.54) is 31.4 Å². The van der Waals surface area contributed by atoms with Crippen molar-refractivity contribution >= 4 is 23.5 Å². The lowest BCUT2D eigenvalue weighted by Crippen LogP contribution is -2.32. The minimum absolute atomic E-state index is 0.0390. The second-order valence-corrected chi connectivity index (χ2v) is 5.85. The van der Waals surface area contributed by atoms with Gasteiger partial charge < -0.3 is 15.4 Å². The van der Waals surface area contributed by atoms with Crippen LogP contribution in [0.3, 0.4) is 0 Å². The number of carbonyl (C=O) groups is 3. The van der Waals surface area contributed by atoms with Gasteiger partial charge >= 0.3 is 5.97 Å². The molecule has 0 aliphatic rings. The van der Waals surface area contributed by atoms with Gasteiger partial charge in [0.05, 0.1) is 23.9 Å². The lowest BCUT2D eigenvalue weighted by Gasteiger charge is -2.14. The molecule has 6 heteroatoms. The van der Waals surface area contributed by atoms with Crippen molar-refractivity contribution in [3.05, 3.63) is 65.2 Å². The molecule has 0 saturated carbocycles. The largest absolute Gasteiger partial charge is 0.465 e. The Morgan fingerprint density at radius 3 is 2.19 bits per heavy atom. The Morgan fingerprint density at radius 1 is 0.962 bits per heavy atom. The number of ether oxygens (including phenoxy) is 1. The van der Waals surface area contributed by atoms with Crippen molar-refractivity contribution in [2.24, 2.45) is 0 Å². The van der Waals surface area contributed by atoms with Crippen LogP contribution < -0.4 is 10.6 Å². The van der Waals surface area contributed by atoms with Crippen molar-refractivity contribution in [1.82, 2.24) is 5.32 Å². The monoisotopic (exact) mass is 354 g/mol. The van der Waals surface area contributed by atoms with Gasteiger partial charge in [0.15, 0.2) is 0 Å². The summed E-state index contributed by atoms with van der Waals surface area (Å²) in [6.07, 6.45) is 0.812. The molecule has 0 fully saturated rings. The van der Waals surface area contributed by atoms with E-state index in [-0.39, 0.29) is 17.9 Å². The minimum atomic E-state index is -0.469. The molecule has 2 N–H and O–H groups in total. The molecule has 0 aliphatic heterocycles. The molecular formula is C20H22N2O4. The van der Waals surface area contributed by atoms with Crippen LogP contribution in [0.5, 0.6) is 0 Å². The number of benzene rings is 2. The number of rotatable bonds is 6. The highest BCUT2D eigenvalue weighted by molar-refractivity contribution is 6.09. The molecule has 0 radical (unpaired) electrons. The zero-order valence-electron chi connectivity index (χ0n) is 15.0. The summed E-state index contributed by atoms with van der Waals surface area (Å²) in [4.78, 5) is 36.3. The number of para-hydroxylation sites is 1. The molecule has 1 atom stereocenters. The van der Waals surface area contributed by atoms with E-state index in [2.05, 4.69) is 15.4 Å². The van der Waals surface area contributed by atoms with E-state index >= 15 is 0 Å². The van der Waals surface area contributed by atoms with Crippen LogP contribution in [-0.4, -0.2) is 30.9 Å². The minimum Gasteiger partial charge on any atom is -0.465 e. The standard InChI is InChI=1S/C20H22N2O4/c1-4-13(2)21-19(24)16-7-5-6-8-17(16)22-18(23)14-9-11-15(12-10-14)20(25)26-3/h5-13H,4H2,1-3H3,(H,21,24)(H,22,23). The Balaban J connectivity index is 2.16. The average Bonchev–Trinajstić information content (AvgIpc) is 2.67. The van der Waals surface area contributed by atoms with E-state index < -0.39 is 5.97 Å². The molecule has 0 aliphatic carbocycles. The van der Waals surface area contributed by atoms with Crippen molar-refractivity contribution in [2.75, 3.05) is 12.4 Å². The summed E-state index contributed by atoms with van der Waals surface area (Å²) in [6.45, 7) is 3.90. The fraction of sp³-hybridized carbons (Fsp3) is 0.250. The van der Waals surface area contributed by atoms with Gasteiger partial charge in [-0.3, -0.25) is 9.59 Å². The highest BCUT2D eigenvalue weighted by Crippen LogP contribution is 2.17. The molecule has 1 unspecified atom stereocenters. The van der Waals surface area contributed by atoms with Crippen molar-refractivity contribution in [3.8, 4) is 0 Å². The summed E-state index contributed by atoms with van der Waals surface area (Å²) < 4.78 is 4.63. The highest BCUT2D eigenvalue weighted by Gasteiger charge is 2.15. The Kier molecular flexibility index (Phi) is 6.49. The zero-order valence-corrected chi connectivity index (χ0v) is 15.0. The van der Waals surface area contributed by atoms with Crippen molar-refractivity contribution in [1.29, 1.82) is 0 Å². The third-order valence-corrected chi connectivity index (χ3v) is 3.98. The van der Waals surface area contributed by atoms with Crippen LogP contribution in [0.2, 0.25) is 0 Å². The van der Waals surface area contributed by atoms with Crippen LogP contribution in [0.25, 0.3) is 0 Å². The Labute approximate surface area is 152 Å². The highest BCUT2D eigenvalue weighted by atomic mass is 16.5. The van der Waals surface area contributed by atoms with E-state index in [0.29, 0.717) is 22.4 Å². The SMILES string of the molecule is CCC(C)NC(=O)c1ccccc1NC(=O)c1ccc(C(=O)OC)cc1. The Hall–Kier alpha value is -3.15. The van der Waals surface area contributed by atoms with Gasteiger partial charge in [-0.2, -0.15) is 0 Å². The second-order valence-electron chi connectivity index (χ2n) is 5.85. The molecule has 136 valence electrons. The third-order valence-electron chi connectivity index (χ3n) is 3.98. The molecule has 2 aromatic rings. The quantitative estimate of drug-likeness (QED) is 0.780. The second kappa shape index (κ2) is 8.80. The Morgan fingerprint density at radius 2 is 1.58 bits per heavy atom. The molecule has 0 heterocycles. The van der Waals surface area contributed by atoms with E-state index in [1.807, 2.05) is 13.8 Å². The van der Waals surface area contributed by atoms with E-state index in [9.17, 15) is 14.4 Å². The molecule has 2 amide bonds. The summed E-state index contributed by atoms with van der Waals surface area (Å²) >= 11 is 0. The van der Waals surface area contributed by atoms with Gasteiger partial charge in [0.25, 0.3) is 11.8 Å². The topological polar surface area (TPSA) is 84.5 Å². The molecule has 0 spiro atoms. The molecule has 2 aromatic carbocycles. The number of anilines is 1. The van der Waals surface area contributed by atoms with E-state index in [1.54, 1.807) is 24.3 Å². The van der Waals surface area contributed by atoms with Gasteiger partial charge in [0.1, 0.15) is 0 Å². The zero-order chi connectivity index (χ0) is 19.1. The molecule has 0 aromatic heterocycles. The van der Waals surface area contributed by atoms with Crippen LogP contribution >= 0.6 is 0 Å². The number of hydrogen-bond donors (Lipinski definition) is 2. The number of carbonyl (C=O) groups excluding carboxylic acids is 3. The first-order valence-electron chi connectivity index (χ1n) is 8.35. The molecule has 26 heavy (non-hydrogen) atoms. The maximum absolute atomic E-state index is 12.5. The van der Waals surface area contributed by atoms with Crippen molar-refractivity contribution in [3.63, 3.8) is 0 Å².